The van der Waals surface area contributed by atoms with Crippen LogP contribution >= 0.6 is 0 Å². The smallest absolute Gasteiger partial charge is 0.318 e. The van der Waals surface area contributed by atoms with E-state index in [4.69, 9.17) is 0 Å². The fraction of sp³-hybridized carbons (Fsp3) is 0.133. The monoisotopic (exact) mass is 240 g/mol. The predicted molar refractivity (Wildman–Crippen MR) is 69.2 cm³/mol. The van der Waals surface area contributed by atoms with E-state index in [1.54, 1.807) is 18.1 Å². The summed E-state index contributed by atoms with van der Waals surface area (Å²) in [4.78, 5) is 22.0. The van der Waals surface area contributed by atoms with Crippen LogP contribution in [0.4, 0.5) is 0 Å². The van der Waals surface area contributed by atoms with Gasteiger partial charge in [0.2, 0.25) is 0 Å². The number of rotatable bonds is 3. The number of hydrogen-bond donors (Lipinski definition) is 1. The van der Waals surface area contributed by atoms with Crippen molar-refractivity contribution in [2.45, 2.75) is 12.3 Å². The molecule has 90 valence electrons. The predicted octanol–water partition coefficient (Wildman–Crippen LogP) is 2.57. The molecule has 1 atom stereocenters. The van der Waals surface area contributed by atoms with Gasteiger partial charge >= 0.3 is 5.97 Å². The van der Waals surface area contributed by atoms with Gasteiger partial charge in [0.1, 0.15) is 11.4 Å². The van der Waals surface area contributed by atoms with Crippen LogP contribution in [0.15, 0.2) is 48.5 Å². The Balaban J connectivity index is 2.80. The Morgan fingerprint density at radius 3 is 2.56 bits per heavy atom. The highest BCUT2D eigenvalue weighted by molar-refractivity contribution is 5.95. The molecule has 3 nitrogen and oxygen atoms in total. The van der Waals surface area contributed by atoms with Crippen LogP contribution < -0.4 is 0 Å². The van der Waals surface area contributed by atoms with Crippen molar-refractivity contribution in [3.05, 3.63) is 54.1 Å². The van der Waals surface area contributed by atoms with E-state index in [1.807, 2.05) is 30.3 Å². The molecule has 0 fully saturated rings. The lowest BCUT2D eigenvalue weighted by Crippen LogP contribution is -2.30. The van der Waals surface area contributed by atoms with E-state index in [-0.39, 0.29) is 0 Å². The van der Waals surface area contributed by atoms with Crippen molar-refractivity contribution in [1.82, 2.24) is 0 Å². The second-order valence-corrected chi connectivity index (χ2v) is 4.30. The third-order valence-corrected chi connectivity index (χ3v) is 3.14. The van der Waals surface area contributed by atoms with Gasteiger partial charge in [-0.1, -0.05) is 42.5 Å². The van der Waals surface area contributed by atoms with E-state index in [0.29, 0.717) is 5.56 Å². The number of carbonyl (C=O) groups is 1. The van der Waals surface area contributed by atoms with Gasteiger partial charge in [-0.2, -0.15) is 0 Å². The molecule has 2 aromatic carbocycles. The molecule has 2 rings (SSSR count). The zero-order valence-electron chi connectivity index (χ0n) is 9.88. The summed E-state index contributed by atoms with van der Waals surface area (Å²) in [5, 5.41) is 11.1. The molecule has 18 heavy (non-hydrogen) atoms. The first-order chi connectivity index (χ1) is 8.59. The number of benzene rings is 2. The van der Waals surface area contributed by atoms with Crippen molar-refractivity contribution in [2.24, 2.45) is 0 Å². The Labute approximate surface area is 104 Å². The number of carboxylic acids is 1. The molecule has 0 heterocycles. The topological polar surface area (TPSA) is 54.4 Å². The van der Waals surface area contributed by atoms with Crippen LogP contribution in [0.25, 0.3) is 10.8 Å². The van der Waals surface area contributed by atoms with Crippen molar-refractivity contribution < 1.29 is 14.7 Å². The maximum Gasteiger partial charge on any atom is 0.318 e. The van der Waals surface area contributed by atoms with Gasteiger partial charge in [-0.3, -0.25) is 4.79 Å². The molecule has 0 saturated carbocycles. The molecule has 0 aromatic heterocycles. The van der Waals surface area contributed by atoms with E-state index >= 15 is 0 Å². The second kappa shape index (κ2) is 4.47. The SMILES string of the molecule is C[C@](C=C=O)(C(=O)O)c1cccc2ccccc12. The summed E-state index contributed by atoms with van der Waals surface area (Å²) in [6, 6.07) is 12.9. The maximum atomic E-state index is 11.4. The van der Waals surface area contributed by atoms with Crippen LogP contribution in [0.1, 0.15) is 12.5 Å². The lowest BCUT2D eigenvalue weighted by molar-refractivity contribution is -0.141. The third kappa shape index (κ3) is 1.81. The summed E-state index contributed by atoms with van der Waals surface area (Å²) in [5.74, 6) is 0.530. The Morgan fingerprint density at radius 2 is 1.89 bits per heavy atom. The van der Waals surface area contributed by atoms with Crippen LogP contribution in [-0.4, -0.2) is 17.0 Å². The second-order valence-electron chi connectivity index (χ2n) is 4.30. The molecule has 3 heteroatoms. The zero-order chi connectivity index (χ0) is 13.2. The number of hydrogen-bond acceptors (Lipinski definition) is 2. The van der Waals surface area contributed by atoms with Crippen molar-refractivity contribution in [3.63, 3.8) is 0 Å². The Bertz CT molecular complexity index is 644. The number of carboxylic acid groups (broad SMARTS) is 1. The molecule has 1 N–H and O–H groups in total. The summed E-state index contributed by atoms with van der Waals surface area (Å²) in [6.45, 7) is 1.50. The molecule has 2 aromatic rings. The molecular formula is C15H12O3. The van der Waals surface area contributed by atoms with Crippen LogP contribution in [-0.2, 0) is 15.0 Å². The number of carbonyl (C=O) groups excluding carboxylic acids is 1. The van der Waals surface area contributed by atoms with E-state index in [9.17, 15) is 14.7 Å². The average Bonchev–Trinajstić information content (AvgIpc) is 2.38. The van der Waals surface area contributed by atoms with E-state index in [0.717, 1.165) is 16.8 Å². The molecular weight excluding hydrogens is 228 g/mol. The van der Waals surface area contributed by atoms with Crippen molar-refractivity contribution in [3.8, 4) is 0 Å². The molecule has 0 aliphatic carbocycles. The van der Waals surface area contributed by atoms with Crippen LogP contribution in [0, 0.1) is 0 Å². The standard InChI is InChI=1S/C15H12O3/c1-15(9-10-16,14(17)18)13-8-4-6-11-5-2-3-7-12(11)13/h2-9H,1H3,(H,17,18)/t15-/m1/s1. The fourth-order valence-electron chi connectivity index (χ4n) is 2.05. The van der Waals surface area contributed by atoms with Crippen LogP contribution in [0.5, 0.6) is 0 Å². The molecule has 0 saturated heterocycles. The van der Waals surface area contributed by atoms with Gasteiger partial charge in [-0.15, -0.1) is 0 Å². The minimum Gasteiger partial charge on any atom is -0.480 e. The van der Waals surface area contributed by atoms with E-state index in [1.165, 1.54) is 6.92 Å². The fourth-order valence-corrected chi connectivity index (χ4v) is 2.05. The summed E-state index contributed by atoms with van der Waals surface area (Å²) in [7, 11) is 0. The highest BCUT2D eigenvalue weighted by atomic mass is 16.4. The Hall–Kier alpha value is -2.38. The van der Waals surface area contributed by atoms with E-state index in [2.05, 4.69) is 0 Å². The normalized spacial score (nSPS) is 13.6. The molecule has 0 radical (unpaired) electrons. The highest BCUT2D eigenvalue weighted by Crippen LogP contribution is 2.31. The molecule has 0 bridgehead atoms. The first kappa shape index (κ1) is 12.1. The molecule has 0 spiro atoms. The van der Waals surface area contributed by atoms with Crippen LogP contribution in [0.2, 0.25) is 0 Å². The van der Waals surface area contributed by atoms with E-state index < -0.39 is 11.4 Å². The lowest BCUT2D eigenvalue weighted by Gasteiger charge is -2.21. The van der Waals surface area contributed by atoms with Gasteiger partial charge in [0.05, 0.1) is 0 Å². The minimum atomic E-state index is -1.36. The molecule has 0 unspecified atom stereocenters. The van der Waals surface area contributed by atoms with Gasteiger partial charge in [0, 0.05) is 6.08 Å². The van der Waals surface area contributed by atoms with Crippen molar-refractivity contribution in [2.75, 3.05) is 0 Å². The Kier molecular flexibility index (Phi) is 3.00. The van der Waals surface area contributed by atoms with Crippen LogP contribution in [0.3, 0.4) is 0 Å². The van der Waals surface area contributed by atoms with Crippen molar-refractivity contribution >= 4 is 22.7 Å². The van der Waals surface area contributed by atoms with Gasteiger partial charge in [0.25, 0.3) is 0 Å². The molecule has 0 aliphatic rings. The average molecular weight is 240 g/mol. The lowest BCUT2D eigenvalue weighted by atomic mass is 9.80. The summed E-state index contributed by atoms with van der Waals surface area (Å²) in [6.07, 6.45) is 1.05. The van der Waals surface area contributed by atoms with Gasteiger partial charge in [-0.05, 0) is 23.3 Å². The first-order valence-electron chi connectivity index (χ1n) is 5.53. The zero-order valence-corrected chi connectivity index (χ0v) is 9.88. The summed E-state index contributed by atoms with van der Waals surface area (Å²) >= 11 is 0. The minimum absolute atomic E-state index is 0.594. The Morgan fingerprint density at radius 1 is 1.22 bits per heavy atom. The van der Waals surface area contributed by atoms with Gasteiger partial charge < -0.3 is 5.11 Å². The van der Waals surface area contributed by atoms with Crippen molar-refractivity contribution in [1.29, 1.82) is 0 Å². The third-order valence-electron chi connectivity index (χ3n) is 3.14. The van der Waals surface area contributed by atoms with Gasteiger partial charge in [0.15, 0.2) is 0 Å². The van der Waals surface area contributed by atoms with Gasteiger partial charge in [-0.25, -0.2) is 4.79 Å². The quantitative estimate of drug-likeness (QED) is 0.839. The molecule has 0 amide bonds. The largest absolute Gasteiger partial charge is 0.480 e. The summed E-state index contributed by atoms with van der Waals surface area (Å²) in [5.41, 5.74) is -0.765. The first-order valence-corrected chi connectivity index (χ1v) is 5.53. The maximum absolute atomic E-state index is 11.4. The number of aliphatic carboxylic acids is 1. The highest BCUT2D eigenvalue weighted by Gasteiger charge is 2.34. The number of fused-ring (bicyclic) bond motifs is 1. The molecule has 0 aliphatic heterocycles. The summed E-state index contributed by atoms with van der Waals surface area (Å²) < 4.78 is 0.